The zero-order valence-corrected chi connectivity index (χ0v) is 11.0. The van der Waals surface area contributed by atoms with Crippen molar-refractivity contribution < 1.29 is 0 Å². The molecule has 0 aromatic carbocycles. The minimum Gasteiger partial charge on any atom is -0.397 e. The van der Waals surface area contributed by atoms with Crippen LogP contribution in [0.3, 0.4) is 0 Å². The van der Waals surface area contributed by atoms with E-state index in [9.17, 15) is 0 Å². The summed E-state index contributed by atoms with van der Waals surface area (Å²) in [6, 6.07) is 4.84. The molecule has 18 heavy (non-hydrogen) atoms. The molecule has 1 aliphatic heterocycles. The van der Waals surface area contributed by atoms with Gasteiger partial charge in [0.25, 0.3) is 0 Å². The molecule has 1 atom stereocenters. The Morgan fingerprint density at radius 2 is 2.00 bits per heavy atom. The number of nitrogens with two attached hydrogens (primary N) is 1. The lowest BCUT2D eigenvalue weighted by Crippen LogP contribution is -2.34. The van der Waals surface area contributed by atoms with Crippen molar-refractivity contribution >= 4 is 5.69 Å². The van der Waals surface area contributed by atoms with Crippen molar-refractivity contribution in [2.45, 2.75) is 51.1 Å². The van der Waals surface area contributed by atoms with Crippen LogP contribution in [0.25, 0.3) is 0 Å². The molecule has 1 aliphatic carbocycles. The molecule has 0 bridgehead atoms. The SMILES string of the molecule is Nc1ccc(CN2CCCC2C2CCCC2)nc1. The Kier molecular flexibility index (Phi) is 3.50. The number of hydrogen-bond acceptors (Lipinski definition) is 3. The molecule has 1 saturated carbocycles. The summed E-state index contributed by atoms with van der Waals surface area (Å²) in [5.74, 6) is 0.946. The normalized spacial score (nSPS) is 25.9. The Hall–Kier alpha value is -1.09. The average molecular weight is 245 g/mol. The van der Waals surface area contributed by atoms with Crippen LogP contribution >= 0.6 is 0 Å². The van der Waals surface area contributed by atoms with E-state index in [2.05, 4.69) is 16.0 Å². The van der Waals surface area contributed by atoms with Gasteiger partial charge in [-0.2, -0.15) is 0 Å². The molecule has 98 valence electrons. The summed E-state index contributed by atoms with van der Waals surface area (Å²) < 4.78 is 0. The quantitative estimate of drug-likeness (QED) is 0.890. The van der Waals surface area contributed by atoms with Crippen molar-refractivity contribution in [1.29, 1.82) is 0 Å². The Bertz CT molecular complexity index is 381. The predicted molar refractivity (Wildman–Crippen MR) is 74.0 cm³/mol. The van der Waals surface area contributed by atoms with E-state index in [1.165, 1.54) is 45.1 Å². The van der Waals surface area contributed by atoms with Crippen LogP contribution in [-0.4, -0.2) is 22.5 Å². The minimum atomic E-state index is 0.757. The van der Waals surface area contributed by atoms with Gasteiger partial charge in [-0.05, 0) is 50.3 Å². The molecule has 1 aromatic rings. The maximum atomic E-state index is 5.69. The van der Waals surface area contributed by atoms with Gasteiger partial charge in [0.15, 0.2) is 0 Å². The summed E-state index contributed by atoms with van der Waals surface area (Å²) in [4.78, 5) is 7.08. The van der Waals surface area contributed by atoms with E-state index in [4.69, 9.17) is 5.73 Å². The van der Waals surface area contributed by atoms with Crippen molar-refractivity contribution in [2.24, 2.45) is 5.92 Å². The number of hydrogen-bond donors (Lipinski definition) is 1. The highest BCUT2D eigenvalue weighted by atomic mass is 15.2. The fourth-order valence-electron chi connectivity index (χ4n) is 3.66. The molecule has 0 spiro atoms. The Balaban J connectivity index is 1.65. The average Bonchev–Trinajstić information content (AvgIpc) is 3.02. The van der Waals surface area contributed by atoms with Gasteiger partial charge in [-0.1, -0.05) is 12.8 Å². The van der Waals surface area contributed by atoms with E-state index in [0.717, 1.165) is 29.9 Å². The Labute approximate surface area is 109 Å². The molecule has 1 saturated heterocycles. The van der Waals surface area contributed by atoms with Crippen molar-refractivity contribution in [1.82, 2.24) is 9.88 Å². The molecule has 3 nitrogen and oxygen atoms in total. The van der Waals surface area contributed by atoms with Crippen LogP contribution in [0.4, 0.5) is 5.69 Å². The number of likely N-dealkylation sites (tertiary alicyclic amines) is 1. The second-order valence-corrected chi connectivity index (χ2v) is 5.81. The second-order valence-electron chi connectivity index (χ2n) is 5.81. The van der Waals surface area contributed by atoms with Crippen LogP contribution in [0, 0.1) is 5.92 Å². The Morgan fingerprint density at radius 3 is 2.72 bits per heavy atom. The van der Waals surface area contributed by atoms with Crippen molar-refractivity contribution in [2.75, 3.05) is 12.3 Å². The lowest BCUT2D eigenvalue weighted by atomic mass is 9.96. The number of nitrogen functional groups attached to an aromatic ring is 1. The lowest BCUT2D eigenvalue weighted by molar-refractivity contribution is 0.181. The van der Waals surface area contributed by atoms with Gasteiger partial charge in [-0.25, -0.2) is 0 Å². The number of rotatable bonds is 3. The second kappa shape index (κ2) is 5.27. The largest absolute Gasteiger partial charge is 0.397 e. The topological polar surface area (TPSA) is 42.1 Å². The number of pyridine rings is 1. The van der Waals surface area contributed by atoms with Crippen LogP contribution < -0.4 is 5.73 Å². The van der Waals surface area contributed by atoms with Gasteiger partial charge in [0.2, 0.25) is 0 Å². The number of anilines is 1. The summed E-state index contributed by atoms with van der Waals surface area (Å²) in [7, 11) is 0. The van der Waals surface area contributed by atoms with E-state index >= 15 is 0 Å². The zero-order valence-electron chi connectivity index (χ0n) is 11.0. The molecule has 2 heterocycles. The summed E-state index contributed by atoms with van der Waals surface area (Å²) in [5, 5.41) is 0. The molecule has 2 aliphatic rings. The van der Waals surface area contributed by atoms with Gasteiger partial charge < -0.3 is 5.73 Å². The van der Waals surface area contributed by atoms with Crippen molar-refractivity contribution in [3.8, 4) is 0 Å². The molecule has 2 fully saturated rings. The first-order valence-corrected chi connectivity index (χ1v) is 7.27. The van der Waals surface area contributed by atoms with E-state index in [-0.39, 0.29) is 0 Å². The van der Waals surface area contributed by atoms with E-state index in [1.807, 2.05) is 6.07 Å². The van der Waals surface area contributed by atoms with E-state index in [0.29, 0.717) is 0 Å². The van der Waals surface area contributed by atoms with Crippen LogP contribution in [0.1, 0.15) is 44.2 Å². The number of nitrogens with zero attached hydrogens (tertiary/aromatic N) is 2. The van der Waals surface area contributed by atoms with E-state index in [1.54, 1.807) is 6.20 Å². The van der Waals surface area contributed by atoms with Gasteiger partial charge >= 0.3 is 0 Å². The van der Waals surface area contributed by atoms with Gasteiger partial charge in [0, 0.05) is 12.6 Å². The van der Waals surface area contributed by atoms with Crippen LogP contribution in [0.2, 0.25) is 0 Å². The van der Waals surface area contributed by atoms with Gasteiger partial charge in [-0.3, -0.25) is 9.88 Å². The van der Waals surface area contributed by atoms with Crippen molar-refractivity contribution in [3.05, 3.63) is 24.0 Å². The molecule has 0 radical (unpaired) electrons. The Morgan fingerprint density at radius 1 is 1.17 bits per heavy atom. The maximum absolute atomic E-state index is 5.69. The third kappa shape index (κ3) is 2.51. The summed E-state index contributed by atoms with van der Waals surface area (Å²) in [5.41, 5.74) is 7.60. The van der Waals surface area contributed by atoms with Crippen molar-refractivity contribution in [3.63, 3.8) is 0 Å². The highest BCUT2D eigenvalue weighted by Crippen LogP contribution is 2.35. The highest BCUT2D eigenvalue weighted by Gasteiger charge is 2.33. The van der Waals surface area contributed by atoms with Crippen LogP contribution in [0.5, 0.6) is 0 Å². The molecule has 1 unspecified atom stereocenters. The first kappa shape index (κ1) is 12.0. The van der Waals surface area contributed by atoms with Gasteiger partial charge in [-0.15, -0.1) is 0 Å². The first-order chi connectivity index (χ1) is 8.83. The lowest BCUT2D eigenvalue weighted by Gasteiger charge is -2.29. The molecular weight excluding hydrogens is 222 g/mol. The third-order valence-corrected chi connectivity index (χ3v) is 4.57. The highest BCUT2D eigenvalue weighted by molar-refractivity contribution is 5.34. The monoisotopic (exact) mass is 245 g/mol. The van der Waals surface area contributed by atoms with Crippen LogP contribution in [0.15, 0.2) is 18.3 Å². The fraction of sp³-hybridized carbons (Fsp3) is 0.667. The van der Waals surface area contributed by atoms with E-state index < -0.39 is 0 Å². The van der Waals surface area contributed by atoms with Crippen LogP contribution in [-0.2, 0) is 6.54 Å². The molecule has 3 rings (SSSR count). The summed E-state index contributed by atoms with van der Waals surface area (Å²) >= 11 is 0. The molecule has 1 aromatic heterocycles. The van der Waals surface area contributed by atoms with Gasteiger partial charge in [0.1, 0.15) is 0 Å². The molecular formula is C15H23N3. The minimum absolute atomic E-state index is 0.757. The zero-order chi connectivity index (χ0) is 12.4. The molecule has 0 amide bonds. The molecule has 2 N–H and O–H groups in total. The summed E-state index contributed by atoms with van der Waals surface area (Å²) in [6.45, 7) is 2.24. The molecule has 3 heteroatoms. The predicted octanol–water partition coefficient (Wildman–Crippen LogP) is 2.82. The van der Waals surface area contributed by atoms with Gasteiger partial charge in [0.05, 0.1) is 17.6 Å². The number of aromatic nitrogens is 1. The first-order valence-electron chi connectivity index (χ1n) is 7.27. The summed E-state index contributed by atoms with van der Waals surface area (Å²) in [6.07, 6.45) is 10.3. The maximum Gasteiger partial charge on any atom is 0.0545 e. The fourth-order valence-corrected chi connectivity index (χ4v) is 3.66. The third-order valence-electron chi connectivity index (χ3n) is 4.57. The smallest absolute Gasteiger partial charge is 0.0545 e. The standard InChI is InChI=1S/C15H23N3/c16-13-7-8-14(17-10-13)11-18-9-3-6-15(18)12-4-1-2-5-12/h7-8,10,12,15H,1-6,9,11,16H2.